The van der Waals surface area contributed by atoms with Gasteiger partial charge < -0.3 is 0 Å². The van der Waals surface area contributed by atoms with Gasteiger partial charge in [0.15, 0.2) is 0 Å². The first-order chi connectivity index (χ1) is 6.69. The van der Waals surface area contributed by atoms with E-state index < -0.39 is 0 Å². The molecule has 0 radical (unpaired) electrons. The zero-order valence-corrected chi connectivity index (χ0v) is 8.34. The highest BCUT2D eigenvalue weighted by molar-refractivity contribution is 8.18. The van der Waals surface area contributed by atoms with E-state index >= 15 is 0 Å². The molecular weight excluding hydrogens is 198 g/mol. The second-order valence-electron chi connectivity index (χ2n) is 2.51. The molecule has 5 heteroatoms. The SMILES string of the molecule is C#CCn1nc(C)cc1C(=O)SC#N. The van der Waals surface area contributed by atoms with Crippen molar-refractivity contribution in [3.8, 4) is 17.7 Å². The highest BCUT2D eigenvalue weighted by Gasteiger charge is 2.13. The van der Waals surface area contributed by atoms with Crippen molar-refractivity contribution in [1.29, 1.82) is 5.26 Å². The number of rotatable bonds is 2. The number of thiocyanates is 1. The summed E-state index contributed by atoms with van der Waals surface area (Å²) >= 11 is 0.575. The molecule has 0 aliphatic heterocycles. The van der Waals surface area contributed by atoms with Crippen LogP contribution in [0.2, 0.25) is 0 Å². The summed E-state index contributed by atoms with van der Waals surface area (Å²) in [6, 6.07) is 1.62. The number of thioether (sulfide) groups is 1. The molecule has 4 nitrogen and oxygen atoms in total. The van der Waals surface area contributed by atoms with E-state index in [0.717, 1.165) is 0 Å². The second-order valence-corrected chi connectivity index (χ2v) is 3.27. The molecule has 0 aliphatic rings. The molecule has 0 N–H and O–H groups in total. The van der Waals surface area contributed by atoms with Gasteiger partial charge in [0.1, 0.15) is 17.6 Å². The molecule has 0 fully saturated rings. The molecule has 70 valence electrons. The topological polar surface area (TPSA) is 58.7 Å². The fourth-order valence-electron chi connectivity index (χ4n) is 1.01. The number of aryl methyl sites for hydroxylation is 1. The molecular formula is C9H7N3OS. The number of hydrogen-bond donors (Lipinski definition) is 0. The Morgan fingerprint density at radius 1 is 1.86 bits per heavy atom. The van der Waals surface area contributed by atoms with Crippen molar-refractivity contribution >= 4 is 16.9 Å². The standard InChI is InChI=1S/C9H7N3OS/c1-3-4-12-8(5-7(2)11-12)9(13)14-6-10/h1,5H,4H2,2H3. The van der Waals surface area contributed by atoms with Gasteiger partial charge in [-0.05, 0) is 13.0 Å². The Bertz CT molecular complexity index is 436. The maximum Gasteiger partial charge on any atom is 0.251 e. The van der Waals surface area contributed by atoms with Gasteiger partial charge in [-0.15, -0.1) is 6.42 Å². The monoisotopic (exact) mass is 205 g/mol. The molecule has 0 unspecified atom stereocenters. The summed E-state index contributed by atoms with van der Waals surface area (Å²) in [5, 5.41) is 13.8. The number of terminal acetylenes is 1. The molecule has 1 heterocycles. The molecule has 0 atom stereocenters. The van der Waals surface area contributed by atoms with Crippen LogP contribution >= 0.6 is 11.8 Å². The summed E-state index contributed by atoms with van der Waals surface area (Å²) in [4.78, 5) is 11.4. The lowest BCUT2D eigenvalue weighted by Crippen LogP contribution is -2.07. The Morgan fingerprint density at radius 3 is 3.14 bits per heavy atom. The minimum absolute atomic E-state index is 0.237. The van der Waals surface area contributed by atoms with E-state index in [0.29, 0.717) is 23.1 Å². The fourth-order valence-corrected chi connectivity index (χ4v) is 1.36. The van der Waals surface area contributed by atoms with Gasteiger partial charge in [0.05, 0.1) is 5.69 Å². The van der Waals surface area contributed by atoms with Gasteiger partial charge in [0.2, 0.25) is 0 Å². The zero-order valence-electron chi connectivity index (χ0n) is 7.52. The van der Waals surface area contributed by atoms with Crippen LogP contribution in [0.3, 0.4) is 0 Å². The van der Waals surface area contributed by atoms with E-state index in [9.17, 15) is 4.79 Å². The number of hydrogen-bond acceptors (Lipinski definition) is 4. The number of nitrogens with zero attached hydrogens (tertiary/aromatic N) is 3. The average molecular weight is 205 g/mol. The number of carbonyl (C=O) groups is 1. The number of nitriles is 1. The van der Waals surface area contributed by atoms with E-state index in [2.05, 4.69) is 11.0 Å². The molecule has 0 aliphatic carbocycles. The molecule has 0 spiro atoms. The molecule has 0 aromatic carbocycles. The Morgan fingerprint density at radius 2 is 2.57 bits per heavy atom. The molecule has 0 saturated heterocycles. The normalized spacial score (nSPS) is 9.07. The van der Waals surface area contributed by atoms with Crippen LogP contribution in [0.15, 0.2) is 6.07 Å². The van der Waals surface area contributed by atoms with Crippen molar-refractivity contribution < 1.29 is 4.79 Å². The van der Waals surface area contributed by atoms with Crippen LogP contribution in [0.5, 0.6) is 0 Å². The van der Waals surface area contributed by atoms with Crippen molar-refractivity contribution in [2.75, 3.05) is 0 Å². The lowest BCUT2D eigenvalue weighted by atomic mass is 10.4. The Balaban J connectivity index is 3.02. The van der Waals surface area contributed by atoms with Crippen LogP contribution in [0.4, 0.5) is 0 Å². The van der Waals surface area contributed by atoms with Crippen LogP contribution in [0, 0.1) is 29.9 Å². The summed E-state index contributed by atoms with van der Waals surface area (Å²) in [7, 11) is 0. The lowest BCUT2D eigenvalue weighted by molar-refractivity contribution is 0.108. The van der Waals surface area contributed by atoms with E-state index in [-0.39, 0.29) is 11.7 Å². The third-order valence-electron chi connectivity index (χ3n) is 1.49. The Labute approximate surface area is 85.9 Å². The summed E-state index contributed by atoms with van der Waals surface area (Å²) in [6.07, 6.45) is 5.12. The maximum absolute atomic E-state index is 11.4. The summed E-state index contributed by atoms with van der Waals surface area (Å²) in [6.45, 7) is 2.00. The van der Waals surface area contributed by atoms with Crippen LogP contribution in [0.25, 0.3) is 0 Å². The first kappa shape index (κ1) is 10.4. The molecule has 1 aromatic rings. The minimum Gasteiger partial charge on any atom is -0.279 e. The van der Waals surface area contributed by atoms with Gasteiger partial charge in [-0.25, -0.2) is 4.68 Å². The summed E-state index contributed by atoms with van der Waals surface area (Å²) < 4.78 is 1.42. The van der Waals surface area contributed by atoms with Gasteiger partial charge in [-0.1, -0.05) is 5.92 Å². The maximum atomic E-state index is 11.4. The third kappa shape index (κ3) is 2.15. The van der Waals surface area contributed by atoms with Gasteiger partial charge >= 0.3 is 0 Å². The molecule has 0 amide bonds. The molecule has 1 rings (SSSR count). The predicted molar refractivity (Wildman–Crippen MR) is 53.3 cm³/mol. The fraction of sp³-hybridized carbons (Fsp3) is 0.222. The van der Waals surface area contributed by atoms with E-state index in [1.807, 2.05) is 0 Å². The largest absolute Gasteiger partial charge is 0.279 e. The molecule has 0 saturated carbocycles. The van der Waals surface area contributed by atoms with Crippen molar-refractivity contribution in [3.63, 3.8) is 0 Å². The minimum atomic E-state index is -0.330. The second kappa shape index (κ2) is 4.50. The number of aromatic nitrogens is 2. The summed E-state index contributed by atoms with van der Waals surface area (Å²) in [5.74, 6) is 2.39. The van der Waals surface area contributed by atoms with Crippen molar-refractivity contribution in [2.45, 2.75) is 13.5 Å². The van der Waals surface area contributed by atoms with E-state index in [1.165, 1.54) is 4.68 Å². The quantitative estimate of drug-likeness (QED) is 0.537. The smallest absolute Gasteiger partial charge is 0.251 e. The van der Waals surface area contributed by atoms with E-state index in [4.69, 9.17) is 11.7 Å². The Kier molecular flexibility index (Phi) is 3.33. The van der Waals surface area contributed by atoms with Gasteiger partial charge in [0, 0.05) is 11.8 Å². The van der Waals surface area contributed by atoms with Gasteiger partial charge in [0.25, 0.3) is 5.12 Å². The van der Waals surface area contributed by atoms with Gasteiger partial charge in [-0.3, -0.25) is 4.79 Å². The van der Waals surface area contributed by atoms with Crippen LogP contribution in [-0.4, -0.2) is 14.9 Å². The highest BCUT2D eigenvalue weighted by Crippen LogP contribution is 2.12. The summed E-state index contributed by atoms with van der Waals surface area (Å²) in [5.41, 5.74) is 1.08. The van der Waals surface area contributed by atoms with Crippen LogP contribution in [-0.2, 0) is 6.54 Å². The highest BCUT2D eigenvalue weighted by atomic mass is 32.2. The van der Waals surface area contributed by atoms with Crippen LogP contribution < -0.4 is 0 Å². The van der Waals surface area contributed by atoms with Crippen molar-refractivity contribution in [2.24, 2.45) is 0 Å². The number of carbonyl (C=O) groups excluding carboxylic acids is 1. The van der Waals surface area contributed by atoms with E-state index in [1.54, 1.807) is 18.4 Å². The van der Waals surface area contributed by atoms with Crippen LogP contribution in [0.1, 0.15) is 16.2 Å². The first-order valence-corrected chi connectivity index (χ1v) is 4.59. The average Bonchev–Trinajstić information content (AvgIpc) is 2.48. The first-order valence-electron chi connectivity index (χ1n) is 3.77. The lowest BCUT2D eigenvalue weighted by Gasteiger charge is -1.98. The Hall–Kier alpha value is -1.72. The van der Waals surface area contributed by atoms with Crippen molar-refractivity contribution in [1.82, 2.24) is 9.78 Å². The van der Waals surface area contributed by atoms with Crippen molar-refractivity contribution in [3.05, 3.63) is 17.5 Å². The zero-order chi connectivity index (χ0) is 10.6. The van der Waals surface area contributed by atoms with Gasteiger partial charge in [-0.2, -0.15) is 10.4 Å². The predicted octanol–water partition coefficient (Wildman–Crippen LogP) is 1.18. The third-order valence-corrected chi connectivity index (χ3v) is 1.98. The molecule has 14 heavy (non-hydrogen) atoms. The molecule has 1 aromatic heterocycles. The molecule has 0 bridgehead atoms.